The number of carbonyl (C=O) groups excluding carboxylic acids is 1. The lowest BCUT2D eigenvalue weighted by molar-refractivity contribution is 0.206. The number of thioether (sulfide) groups is 1. The molecular weight excluding hydrogens is 454 g/mol. The zero-order valence-corrected chi connectivity index (χ0v) is 20.1. The van der Waals surface area contributed by atoms with E-state index in [1.54, 1.807) is 23.9 Å². The summed E-state index contributed by atoms with van der Waals surface area (Å²) in [6, 6.07) is 13.3. The molecule has 1 heterocycles. The first kappa shape index (κ1) is 23.6. The molecule has 166 valence electrons. The number of benzene rings is 2. The van der Waals surface area contributed by atoms with E-state index >= 15 is 0 Å². The molecule has 0 aromatic heterocycles. The number of hydrazone groups is 1. The van der Waals surface area contributed by atoms with Crippen molar-refractivity contribution in [1.29, 1.82) is 0 Å². The van der Waals surface area contributed by atoms with Gasteiger partial charge in [0.1, 0.15) is 0 Å². The van der Waals surface area contributed by atoms with Crippen LogP contribution in [-0.4, -0.2) is 50.0 Å². The van der Waals surface area contributed by atoms with Crippen LogP contribution in [0.5, 0.6) is 0 Å². The van der Waals surface area contributed by atoms with Gasteiger partial charge in [0.2, 0.25) is 0 Å². The van der Waals surface area contributed by atoms with Gasteiger partial charge in [0, 0.05) is 22.4 Å². The molecule has 2 aromatic rings. The van der Waals surface area contributed by atoms with Crippen molar-refractivity contribution in [1.82, 2.24) is 5.01 Å². The highest BCUT2D eigenvalue weighted by Crippen LogP contribution is 2.36. The molecule has 9 heteroatoms. The third-order valence-corrected chi connectivity index (χ3v) is 7.29. The van der Waals surface area contributed by atoms with E-state index in [1.807, 2.05) is 24.3 Å². The van der Waals surface area contributed by atoms with Gasteiger partial charge in [-0.05, 0) is 60.7 Å². The highest BCUT2D eigenvalue weighted by molar-refractivity contribution is 7.98. The van der Waals surface area contributed by atoms with Crippen LogP contribution in [0.2, 0.25) is 5.02 Å². The number of nitrogens with zero attached hydrogens (tertiary/aromatic N) is 2. The quantitative estimate of drug-likeness (QED) is 0.557. The van der Waals surface area contributed by atoms with E-state index < -0.39 is 15.9 Å². The van der Waals surface area contributed by atoms with Crippen LogP contribution in [0.25, 0.3) is 0 Å². The van der Waals surface area contributed by atoms with E-state index in [-0.39, 0.29) is 10.3 Å². The van der Waals surface area contributed by atoms with Crippen LogP contribution in [0.4, 0.5) is 10.5 Å². The molecular formula is C22H26ClN3O3S2. The van der Waals surface area contributed by atoms with Gasteiger partial charge in [-0.1, -0.05) is 36.7 Å². The Bertz CT molecular complexity index is 1090. The molecule has 31 heavy (non-hydrogen) atoms. The molecule has 3 rings (SSSR count). The maximum absolute atomic E-state index is 13.0. The van der Waals surface area contributed by atoms with Crippen molar-refractivity contribution < 1.29 is 13.2 Å². The molecule has 0 radical (unpaired) electrons. The zero-order valence-electron chi connectivity index (χ0n) is 17.8. The number of sulfone groups is 1. The summed E-state index contributed by atoms with van der Waals surface area (Å²) in [4.78, 5) is 13.1. The lowest BCUT2D eigenvalue weighted by Crippen LogP contribution is -2.35. The summed E-state index contributed by atoms with van der Waals surface area (Å²) >= 11 is 7.84. The summed E-state index contributed by atoms with van der Waals surface area (Å²) in [7, 11) is -3.37. The van der Waals surface area contributed by atoms with Crippen molar-refractivity contribution >= 4 is 50.6 Å². The smallest absolute Gasteiger partial charge is 0.306 e. The first-order valence-electron chi connectivity index (χ1n) is 9.85. The Labute approximate surface area is 193 Å². The van der Waals surface area contributed by atoms with Crippen molar-refractivity contribution in [3.63, 3.8) is 0 Å². The summed E-state index contributed by atoms with van der Waals surface area (Å²) in [5, 5.41) is 9.50. The van der Waals surface area contributed by atoms with E-state index in [1.165, 1.54) is 17.1 Å². The van der Waals surface area contributed by atoms with Gasteiger partial charge in [-0.25, -0.2) is 18.2 Å². The Kier molecular flexibility index (Phi) is 7.34. The van der Waals surface area contributed by atoms with Crippen LogP contribution in [0.3, 0.4) is 0 Å². The number of urea groups is 1. The van der Waals surface area contributed by atoms with Crippen LogP contribution < -0.4 is 5.32 Å². The highest BCUT2D eigenvalue weighted by atomic mass is 35.5. The second-order valence-corrected chi connectivity index (χ2v) is 11.3. The predicted molar refractivity (Wildman–Crippen MR) is 129 cm³/mol. The lowest BCUT2D eigenvalue weighted by atomic mass is 9.78. The molecule has 0 fully saturated rings. The molecule has 1 aliphatic heterocycles. The number of anilines is 1. The second kappa shape index (κ2) is 9.63. The molecule has 1 unspecified atom stereocenters. The van der Waals surface area contributed by atoms with Crippen molar-refractivity contribution in [3.8, 4) is 0 Å². The summed E-state index contributed by atoms with van der Waals surface area (Å²) in [5.74, 6) is 1.04. The van der Waals surface area contributed by atoms with E-state index in [9.17, 15) is 13.2 Å². The number of halogens is 1. The van der Waals surface area contributed by atoms with Gasteiger partial charge >= 0.3 is 6.03 Å². The predicted octanol–water partition coefficient (Wildman–Crippen LogP) is 5.14. The molecule has 2 amide bonds. The van der Waals surface area contributed by atoms with Crippen molar-refractivity contribution in [2.75, 3.05) is 30.1 Å². The molecule has 0 spiro atoms. The Morgan fingerprint density at radius 2 is 1.97 bits per heavy atom. The molecule has 6 nitrogen and oxygen atoms in total. The van der Waals surface area contributed by atoms with Crippen LogP contribution >= 0.6 is 23.4 Å². The molecule has 0 bridgehead atoms. The van der Waals surface area contributed by atoms with Crippen LogP contribution in [0.15, 0.2) is 58.5 Å². The number of rotatable bonds is 7. The maximum Gasteiger partial charge on any atom is 0.342 e. The van der Waals surface area contributed by atoms with Crippen molar-refractivity contribution in [2.24, 2.45) is 10.5 Å². The summed E-state index contributed by atoms with van der Waals surface area (Å²) in [6.45, 7) is 2.56. The fourth-order valence-corrected chi connectivity index (χ4v) is 4.84. The lowest BCUT2D eigenvalue weighted by Gasteiger charge is -2.26. The zero-order chi connectivity index (χ0) is 22.6. The number of carbonyl (C=O) groups is 1. The average Bonchev–Trinajstić information content (AvgIpc) is 3.06. The standard InChI is InChI=1S/C22H26ClN3O3S2/c1-22(12-5-13-30-2)15-26(25-20(22)16-8-10-17(23)11-9-16)21(27)24-18-6-4-7-19(14-18)31(3,28)29/h4,6-11,14H,5,12-13,15H2,1-3H3,(H,24,27). The number of amides is 2. The highest BCUT2D eigenvalue weighted by Gasteiger charge is 2.40. The average molecular weight is 480 g/mol. The van der Waals surface area contributed by atoms with Crippen LogP contribution in [0, 0.1) is 5.41 Å². The van der Waals surface area contributed by atoms with Crippen LogP contribution in [0.1, 0.15) is 25.3 Å². The summed E-state index contributed by atoms with van der Waals surface area (Å²) < 4.78 is 23.6. The molecule has 0 aliphatic carbocycles. The molecule has 0 saturated heterocycles. The summed E-state index contributed by atoms with van der Waals surface area (Å²) in [6.07, 6.45) is 5.12. The maximum atomic E-state index is 13.0. The fourth-order valence-electron chi connectivity index (χ4n) is 3.61. The number of hydrogen-bond donors (Lipinski definition) is 1. The molecule has 1 aliphatic rings. The van der Waals surface area contributed by atoms with E-state index in [4.69, 9.17) is 11.6 Å². The third-order valence-electron chi connectivity index (χ3n) is 5.23. The third kappa shape index (κ3) is 5.81. The second-order valence-electron chi connectivity index (χ2n) is 7.90. The first-order chi connectivity index (χ1) is 14.6. The van der Waals surface area contributed by atoms with Gasteiger partial charge < -0.3 is 5.32 Å². The normalized spacial score (nSPS) is 18.7. The minimum Gasteiger partial charge on any atom is -0.306 e. The fraction of sp³-hybridized carbons (Fsp3) is 0.364. The monoisotopic (exact) mass is 479 g/mol. The first-order valence-corrected chi connectivity index (χ1v) is 13.5. The van der Waals surface area contributed by atoms with Crippen molar-refractivity contribution in [3.05, 3.63) is 59.1 Å². The molecule has 1 atom stereocenters. The van der Waals surface area contributed by atoms with Gasteiger partial charge in [-0.15, -0.1) is 0 Å². The number of hydrogen-bond acceptors (Lipinski definition) is 5. The van der Waals surface area contributed by atoms with E-state index in [0.717, 1.165) is 36.1 Å². The Morgan fingerprint density at radius 1 is 1.26 bits per heavy atom. The van der Waals surface area contributed by atoms with E-state index in [0.29, 0.717) is 17.3 Å². The van der Waals surface area contributed by atoms with Gasteiger partial charge in [-0.3, -0.25) is 0 Å². The van der Waals surface area contributed by atoms with Gasteiger partial charge in [0.15, 0.2) is 9.84 Å². The number of nitrogens with one attached hydrogen (secondary N) is 1. The topological polar surface area (TPSA) is 78.8 Å². The SMILES string of the molecule is CSCCCC1(C)CN(C(=O)Nc2cccc(S(C)(=O)=O)c2)N=C1c1ccc(Cl)cc1. The molecule has 1 N–H and O–H groups in total. The Morgan fingerprint density at radius 3 is 2.61 bits per heavy atom. The minimum atomic E-state index is -3.37. The Balaban J connectivity index is 1.85. The van der Waals surface area contributed by atoms with Gasteiger partial charge in [-0.2, -0.15) is 16.9 Å². The van der Waals surface area contributed by atoms with Crippen LogP contribution in [-0.2, 0) is 9.84 Å². The van der Waals surface area contributed by atoms with Gasteiger partial charge in [0.25, 0.3) is 0 Å². The summed E-state index contributed by atoms with van der Waals surface area (Å²) in [5.41, 5.74) is 1.90. The van der Waals surface area contributed by atoms with Gasteiger partial charge in [0.05, 0.1) is 17.2 Å². The largest absolute Gasteiger partial charge is 0.342 e. The molecule has 2 aromatic carbocycles. The molecule has 0 saturated carbocycles. The Hall–Kier alpha value is -2.03. The minimum absolute atomic E-state index is 0.152. The van der Waals surface area contributed by atoms with E-state index in [2.05, 4.69) is 23.6 Å². The van der Waals surface area contributed by atoms with Crippen molar-refractivity contribution in [2.45, 2.75) is 24.7 Å².